The summed E-state index contributed by atoms with van der Waals surface area (Å²) in [4.78, 5) is 31.4. The number of piperidine rings is 1. The van der Waals surface area contributed by atoms with Crippen LogP contribution < -0.4 is 5.32 Å². The number of aromatic amines is 1. The van der Waals surface area contributed by atoms with Crippen molar-refractivity contribution in [3.05, 3.63) is 68.1 Å². The lowest BCUT2D eigenvalue weighted by Crippen LogP contribution is -2.38. The number of rotatable bonds is 5. The highest BCUT2D eigenvalue weighted by atomic mass is 35.5. The number of aromatic nitrogens is 4. The molecule has 4 aromatic rings. The Balaban J connectivity index is 1.13. The Morgan fingerprint density at radius 3 is 2.71 bits per heavy atom. The molecule has 1 fully saturated rings. The van der Waals surface area contributed by atoms with Gasteiger partial charge in [0.15, 0.2) is 0 Å². The molecule has 1 aliphatic heterocycles. The van der Waals surface area contributed by atoms with E-state index in [0.29, 0.717) is 45.6 Å². The van der Waals surface area contributed by atoms with Crippen molar-refractivity contribution in [2.75, 3.05) is 18.4 Å². The van der Waals surface area contributed by atoms with Crippen molar-refractivity contribution in [3.63, 3.8) is 0 Å². The average molecular weight is 531 g/mol. The lowest BCUT2D eigenvalue weighted by molar-refractivity contribution is 0.0870. The Bertz CT molecular complexity index is 1380. The number of fused-ring (bicyclic) bond motifs is 1. The van der Waals surface area contributed by atoms with Crippen molar-refractivity contribution >= 4 is 63.3 Å². The molecule has 35 heavy (non-hydrogen) atoms. The van der Waals surface area contributed by atoms with Crippen LogP contribution in [0.5, 0.6) is 0 Å². The van der Waals surface area contributed by atoms with Gasteiger partial charge in [0, 0.05) is 45.7 Å². The van der Waals surface area contributed by atoms with E-state index in [9.17, 15) is 9.59 Å². The predicted molar refractivity (Wildman–Crippen MR) is 134 cm³/mol. The van der Waals surface area contributed by atoms with Gasteiger partial charge in [-0.2, -0.15) is 15.4 Å². The molecule has 12 heteroatoms. The Hall–Kier alpha value is -3.21. The lowest BCUT2D eigenvalue weighted by atomic mass is 9.98. The van der Waals surface area contributed by atoms with Crippen molar-refractivity contribution in [2.24, 2.45) is 0 Å². The Labute approximate surface area is 214 Å². The standard InChI is InChI=1S/C23H20Cl2N6O3S/c24-15-2-1-14(17(25)9-15)11-34-23(33)31-7-5-13(6-8-31)22-27-20(12-35-22)21(32)26-16-3-4-18-19(10-16)29-30-28-18/h1-4,9-10,12-13H,5-8,11H2,(H,26,32)(H,28,29,30). The van der Waals surface area contributed by atoms with Crippen LogP contribution in [0.3, 0.4) is 0 Å². The number of benzene rings is 2. The minimum absolute atomic E-state index is 0.0866. The van der Waals surface area contributed by atoms with Gasteiger partial charge in [-0.25, -0.2) is 9.78 Å². The van der Waals surface area contributed by atoms with Gasteiger partial charge >= 0.3 is 6.09 Å². The fourth-order valence-corrected chi connectivity index (χ4v) is 5.31. The van der Waals surface area contributed by atoms with Gasteiger partial charge in [0.1, 0.15) is 23.3 Å². The van der Waals surface area contributed by atoms with E-state index in [2.05, 4.69) is 25.7 Å². The fraction of sp³-hybridized carbons (Fsp3) is 0.261. The zero-order valence-corrected chi connectivity index (χ0v) is 20.7. The number of ether oxygens (including phenoxy) is 1. The van der Waals surface area contributed by atoms with E-state index in [4.69, 9.17) is 27.9 Å². The molecular weight excluding hydrogens is 511 g/mol. The van der Waals surface area contributed by atoms with E-state index in [1.807, 2.05) is 0 Å². The molecule has 3 heterocycles. The second kappa shape index (κ2) is 10.2. The van der Waals surface area contributed by atoms with Crippen LogP contribution in [0.15, 0.2) is 41.8 Å². The summed E-state index contributed by atoms with van der Waals surface area (Å²) in [7, 11) is 0. The van der Waals surface area contributed by atoms with Crippen LogP contribution in [0.2, 0.25) is 10.0 Å². The number of thiazole rings is 1. The third-order valence-electron chi connectivity index (χ3n) is 5.80. The minimum atomic E-state index is -0.377. The SMILES string of the molecule is O=C(Nc1ccc2n[nH]nc2c1)c1csc(C2CCN(C(=O)OCc3ccc(Cl)cc3Cl)CC2)n1. The maximum Gasteiger partial charge on any atom is 0.410 e. The molecule has 0 spiro atoms. The summed E-state index contributed by atoms with van der Waals surface area (Å²) in [6.07, 6.45) is 1.11. The van der Waals surface area contributed by atoms with Gasteiger partial charge in [0.05, 0.1) is 5.01 Å². The first kappa shape index (κ1) is 23.5. The molecule has 0 aliphatic carbocycles. The van der Waals surface area contributed by atoms with Gasteiger partial charge in [-0.15, -0.1) is 11.3 Å². The van der Waals surface area contributed by atoms with Crippen molar-refractivity contribution in [1.82, 2.24) is 25.3 Å². The van der Waals surface area contributed by atoms with Crippen LogP contribution in [-0.4, -0.2) is 50.4 Å². The van der Waals surface area contributed by atoms with Crippen LogP contribution in [0.25, 0.3) is 11.0 Å². The molecule has 0 bridgehead atoms. The molecule has 2 amide bonds. The average Bonchev–Trinajstić information content (AvgIpc) is 3.53. The lowest BCUT2D eigenvalue weighted by Gasteiger charge is -2.30. The van der Waals surface area contributed by atoms with Gasteiger partial charge in [0.25, 0.3) is 5.91 Å². The van der Waals surface area contributed by atoms with E-state index in [1.165, 1.54) is 11.3 Å². The van der Waals surface area contributed by atoms with Gasteiger partial charge < -0.3 is 15.0 Å². The monoisotopic (exact) mass is 530 g/mol. The largest absolute Gasteiger partial charge is 0.444 e. The number of amides is 2. The second-order valence-corrected chi connectivity index (χ2v) is 9.84. The molecule has 0 saturated carbocycles. The third kappa shape index (κ3) is 5.39. The number of nitrogens with zero attached hydrogens (tertiary/aromatic N) is 4. The molecule has 1 saturated heterocycles. The first-order valence-corrected chi connectivity index (χ1v) is 12.5. The first-order chi connectivity index (χ1) is 17.0. The highest BCUT2D eigenvalue weighted by Crippen LogP contribution is 2.31. The zero-order valence-electron chi connectivity index (χ0n) is 18.3. The smallest absolute Gasteiger partial charge is 0.410 e. The number of anilines is 1. The molecule has 180 valence electrons. The quantitative estimate of drug-likeness (QED) is 0.352. The summed E-state index contributed by atoms with van der Waals surface area (Å²) in [6, 6.07) is 10.4. The van der Waals surface area contributed by atoms with Crippen LogP contribution in [0.1, 0.15) is 39.8 Å². The minimum Gasteiger partial charge on any atom is -0.444 e. The van der Waals surface area contributed by atoms with Gasteiger partial charge in [-0.3, -0.25) is 4.79 Å². The second-order valence-electron chi connectivity index (χ2n) is 8.10. The summed E-state index contributed by atoms with van der Waals surface area (Å²) in [5.74, 6) is -0.0972. The summed E-state index contributed by atoms with van der Waals surface area (Å²) in [6.45, 7) is 1.19. The Kier molecular flexibility index (Phi) is 6.85. The molecule has 5 rings (SSSR count). The van der Waals surface area contributed by atoms with Crippen molar-refractivity contribution < 1.29 is 14.3 Å². The summed E-state index contributed by atoms with van der Waals surface area (Å²) in [5.41, 5.74) is 3.09. The number of hydrogen-bond donors (Lipinski definition) is 2. The molecule has 2 N–H and O–H groups in total. The molecule has 0 atom stereocenters. The van der Waals surface area contributed by atoms with Crippen LogP contribution in [0.4, 0.5) is 10.5 Å². The Morgan fingerprint density at radius 1 is 1.11 bits per heavy atom. The number of carbonyl (C=O) groups excluding carboxylic acids is 2. The maximum absolute atomic E-state index is 12.7. The van der Waals surface area contributed by atoms with E-state index >= 15 is 0 Å². The molecule has 0 unspecified atom stereocenters. The number of H-pyrrole nitrogens is 1. The molecular formula is C23H20Cl2N6O3S. The molecule has 0 radical (unpaired) electrons. The third-order valence-corrected chi connectivity index (χ3v) is 7.39. The highest BCUT2D eigenvalue weighted by molar-refractivity contribution is 7.10. The van der Waals surface area contributed by atoms with Crippen LogP contribution >= 0.6 is 34.5 Å². The van der Waals surface area contributed by atoms with Crippen molar-refractivity contribution in [3.8, 4) is 0 Å². The van der Waals surface area contributed by atoms with Crippen LogP contribution in [-0.2, 0) is 11.3 Å². The summed E-state index contributed by atoms with van der Waals surface area (Å²) < 4.78 is 5.43. The van der Waals surface area contributed by atoms with Crippen molar-refractivity contribution in [2.45, 2.75) is 25.4 Å². The normalized spacial score (nSPS) is 14.3. The predicted octanol–water partition coefficient (Wildman–Crippen LogP) is 5.49. The molecule has 9 nitrogen and oxygen atoms in total. The number of carbonyl (C=O) groups is 2. The van der Waals surface area contributed by atoms with E-state index in [1.54, 1.807) is 46.7 Å². The molecule has 1 aliphatic rings. The molecule has 2 aromatic heterocycles. The Morgan fingerprint density at radius 2 is 1.91 bits per heavy atom. The van der Waals surface area contributed by atoms with Gasteiger partial charge in [-0.05, 0) is 43.2 Å². The number of nitrogens with one attached hydrogen (secondary N) is 2. The summed E-state index contributed by atoms with van der Waals surface area (Å²) >= 11 is 13.5. The van der Waals surface area contributed by atoms with E-state index in [0.717, 1.165) is 23.4 Å². The number of halogens is 2. The first-order valence-electron chi connectivity index (χ1n) is 10.9. The van der Waals surface area contributed by atoms with Crippen LogP contribution in [0, 0.1) is 0 Å². The van der Waals surface area contributed by atoms with Crippen molar-refractivity contribution in [1.29, 1.82) is 0 Å². The fourth-order valence-electron chi connectivity index (χ4n) is 3.87. The van der Waals surface area contributed by atoms with Gasteiger partial charge in [-0.1, -0.05) is 29.3 Å². The highest BCUT2D eigenvalue weighted by Gasteiger charge is 2.27. The van der Waals surface area contributed by atoms with E-state index < -0.39 is 0 Å². The summed E-state index contributed by atoms with van der Waals surface area (Å²) in [5, 5.41) is 17.1. The van der Waals surface area contributed by atoms with Gasteiger partial charge in [0.2, 0.25) is 0 Å². The number of likely N-dealkylation sites (tertiary alicyclic amines) is 1. The number of hydrogen-bond acceptors (Lipinski definition) is 7. The van der Waals surface area contributed by atoms with E-state index in [-0.39, 0.29) is 24.5 Å². The topological polar surface area (TPSA) is 113 Å². The zero-order chi connectivity index (χ0) is 24.4. The molecule has 2 aromatic carbocycles. The maximum atomic E-state index is 12.7.